The molecule has 1 saturated heterocycles. The third kappa shape index (κ3) is 3.82. The molecule has 0 radical (unpaired) electrons. The molecule has 3 heterocycles. The molecule has 29 heavy (non-hydrogen) atoms. The minimum atomic E-state index is -1.39. The number of hydrogen-bond acceptors (Lipinski definition) is 10. The van der Waals surface area contributed by atoms with Crippen molar-refractivity contribution in [3.63, 3.8) is 0 Å². The second-order valence-electron chi connectivity index (χ2n) is 6.22. The van der Waals surface area contributed by atoms with E-state index in [9.17, 15) is 24.3 Å². The minimum Gasteiger partial charge on any atom is -0.477 e. The molecule has 0 aromatic carbocycles. The van der Waals surface area contributed by atoms with Crippen LogP contribution < -0.4 is 11.1 Å². The van der Waals surface area contributed by atoms with Gasteiger partial charge in [0.15, 0.2) is 22.3 Å². The van der Waals surface area contributed by atoms with E-state index in [-0.39, 0.29) is 47.3 Å². The maximum Gasteiger partial charge on any atom is 0.354 e. The van der Waals surface area contributed by atoms with Crippen LogP contribution in [0.15, 0.2) is 21.8 Å². The zero-order valence-corrected chi connectivity index (χ0v) is 16.4. The molecule has 3 rings (SSSR count). The Kier molecular flexibility index (Phi) is 5.61. The van der Waals surface area contributed by atoms with E-state index in [4.69, 9.17) is 5.73 Å². The van der Waals surface area contributed by atoms with Gasteiger partial charge < -0.3 is 21.0 Å². The van der Waals surface area contributed by atoms with E-state index >= 15 is 0 Å². The van der Waals surface area contributed by atoms with Gasteiger partial charge in [0.2, 0.25) is 0 Å². The number of oxime groups is 1. The third-order valence-electron chi connectivity index (χ3n) is 4.40. The fourth-order valence-electron chi connectivity index (χ4n) is 3.18. The Labute approximate surface area is 168 Å². The van der Waals surface area contributed by atoms with Gasteiger partial charge in [-0.1, -0.05) is 5.16 Å². The number of aliphatic carboxylic acids is 1. The number of anilines is 1. The SMILES string of the molecule is CO/N=C(\C(=O)NC1CN2CCC(C(C)=O)=C(C(=O)O)N2C1=O)c1csc(N)n1. The van der Waals surface area contributed by atoms with Crippen LogP contribution in [0.3, 0.4) is 0 Å². The summed E-state index contributed by atoms with van der Waals surface area (Å²) in [4.78, 5) is 57.7. The van der Waals surface area contributed by atoms with Gasteiger partial charge in [-0.2, -0.15) is 0 Å². The van der Waals surface area contributed by atoms with E-state index in [2.05, 4.69) is 20.3 Å². The summed E-state index contributed by atoms with van der Waals surface area (Å²) in [6.07, 6.45) is 0.190. The number of nitrogens with two attached hydrogens (primary N) is 1. The van der Waals surface area contributed by atoms with Crippen LogP contribution in [0.25, 0.3) is 0 Å². The summed E-state index contributed by atoms with van der Waals surface area (Å²) in [5.74, 6) is -3.20. The summed E-state index contributed by atoms with van der Waals surface area (Å²) < 4.78 is 0. The van der Waals surface area contributed by atoms with Crippen LogP contribution in [-0.4, -0.2) is 75.6 Å². The van der Waals surface area contributed by atoms with Crippen molar-refractivity contribution in [1.82, 2.24) is 20.3 Å². The van der Waals surface area contributed by atoms with Gasteiger partial charge in [-0.25, -0.2) is 19.8 Å². The maximum atomic E-state index is 12.8. The van der Waals surface area contributed by atoms with Crippen LogP contribution in [0.2, 0.25) is 0 Å². The number of nitrogen functional groups attached to an aromatic ring is 1. The lowest BCUT2D eigenvalue weighted by atomic mass is 10.0. The van der Waals surface area contributed by atoms with Gasteiger partial charge in [-0.05, 0) is 13.3 Å². The van der Waals surface area contributed by atoms with Crippen molar-refractivity contribution in [2.24, 2.45) is 5.16 Å². The highest BCUT2D eigenvalue weighted by atomic mass is 32.1. The van der Waals surface area contributed by atoms with Crippen molar-refractivity contribution in [3.8, 4) is 0 Å². The molecule has 154 valence electrons. The van der Waals surface area contributed by atoms with E-state index in [0.717, 1.165) is 16.3 Å². The van der Waals surface area contributed by atoms with Crippen LogP contribution in [0.4, 0.5) is 5.13 Å². The summed E-state index contributed by atoms with van der Waals surface area (Å²) in [7, 11) is 1.25. The van der Waals surface area contributed by atoms with Gasteiger partial charge in [0.1, 0.15) is 18.8 Å². The number of ketones is 1. The van der Waals surface area contributed by atoms with Crippen molar-refractivity contribution in [1.29, 1.82) is 0 Å². The molecule has 2 aliphatic heterocycles. The zero-order valence-electron chi connectivity index (χ0n) is 15.5. The zero-order chi connectivity index (χ0) is 21.3. The second-order valence-corrected chi connectivity index (χ2v) is 7.11. The number of carbonyl (C=O) groups is 4. The molecule has 2 aliphatic rings. The van der Waals surface area contributed by atoms with Crippen molar-refractivity contribution >= 4 is 45.7 Å². The van der Waals surface area contributed by atoms with E-state index in [1.807, 2.05) is 0 Å². The predicted molar refractivity (Wildman–Crippen MR) is 100 cm³/mol. The molecule has 4 N–H and O–H groups in total. The fourth-order valence-corrected chi connectivity index (χ4v) is 3.72. The largest absolute Gasteiger partial charge is 0.477 e. The first-order chi connectivity index (χ1) is 13.7. The molecule has 0 spiro atoms. The Morgan fingerprint density at radius 2 is 2.17 bits per heavy atom. The molecule has 1 atom stereocenters. The summed E-state index contributed by atoms with van der Waals surface area (Å²) >= 11 is 1.11. The molecule has 1 unspecified atom stereocenters. The number of carbonyl (C=O) groups excluding carboxylic acids is 3. The molecular formula is C16H18N6O6S. The van der Waals surface area contributed by atoms with E-state index in [0.29, 0.717) is 0 Å². The Morgan fingerprint density at radius 1 is 1.45 bits per heavy atom. The van der Waals surface area contributed by atoms with Gasteiger partial charge in [0.05, 0.1) is 0 Å². The van der Waals surface area contributed by atoms with Crippen LogP contribution in [-0.2, 0) is 24.0 Å². The van der Waals surface area contributed by atoms with Crippen molar-refractivity contribution in [2.45, 2.75) is 19.4 Å². The van der Waals surface area contributed by atoms with E-state index < -0.39 is 29.6 Å². The lowest BCUT2D eigenvalue weighted by Crippen LogP contribution is -2.47. The summed E-state index contributed by atoms with van der Waals surface area (Å²) in [6, 6.07) is -1.04. The van der Waals surface area contributed by atoms with E-state index in [1.165, 1.54) is 24.4 Å². The first-order valence-electron chi connectivity index (χ1n) is 8.44. The first-order valence-corrected chi connectivity index (χ1v) is 9.32. The van der Waals surface area contributed by atoms with Crippen molar-refractivity contribution in [3.05, 3.63) is 22.3 Å². The number of hydrogen-bond donors (Lipinski definition) is 3. The Hall–Kier alpha value is -3.32. The van der Waals surface area contributed by atoms with Crippen LogP contribution in [0.1, 0.15) is 19.0 Å². The van der Waals surface area contributed by atoms with Gasteiger partial charge in [-0.3, -0.25) is 14.4 Å². The van der Waals surface area contributed by atoms with Crippen molar-refractivity contribution in [2.75, 3.05) is 25.9 Å². The molecule has 13 heteroatoms. The molecule has 12 nitrogen and oxygen atoms in total. The molecule has 0 bridgehead atoms. The Morgan fingerprint density at radius 3 is 2.72 bits per heavy atom. The number of carboxylic acids is 1. The average Bonchev–Trinajstić information content (AvgIpc) is 3.22. The number of amides is 2. The topological polar surface area (TPSA) is 168 Å². The number of hydrazine groups is 1. The van der Waals surface area contributed by atoms with Gasteiger partial charge in [-0.15, -0.1) is 11.3 Å². The number of thiazole rings is 1. The number of nitrogens with zero attached hydrogens (tertiary/aromatic N) is 4. The standard InChI is InChI=1S/C16H18N6O6S/c1-7(23)8-3-4-21-5-9(14(25)22(21)12(8)15(26)27)18-13(24)11(20-28-2)10-6-29-16(17)19-10/h6,9H,3-5H2,1-2H3,(H2,17,19)(H,18,24)(H,26,27)/b20-11-. The highest BCUT2D eigenvalue weighted by Crippen LogP contribution is 2.29. The van der Waals surface area contributed by atoms with Crippen LogP contribution in [0.5, 0.6) is 0 Å². The predicted octanol–water partition coefficient (Wildman–Crippen LogP) is -1.05. The number of rotatable bonds is 6. The third-order valence-corrected chi connectivity index (χ3v) is 5.07. The minimum absolute atomic E-state index is 0.0476. The highest BCUT2D eigenvalue weighted by Gasteiger charge is 2.46. The van der Waals surface area contributed by atoms with E-state index in [1.54, 1.807) is 0 Å². The summed E-state index contributed by atoms with van der Waals surface area (Å²) in [5, 5.41) is 19.9. The first kappa shape index (κ1) is 20.4. The molecule has 0 saturated carbocycles. The number of aromatic nitrogens is 1. The quantitative estimate of drug-likeness (QED) is 0.383. The highest BCUT2D eigenvalue weighted by molar-refractivity contribution is 7.13. The Bertz CT molecular complexity index is 953. The van der Waals surface area contributed by atoms with Crippen molar-refractivity contribution < 1.29 is 29.1 Å². The Balaban J connectivity index is 1.84. The van der Waals surface area contributed by atoms with Crippen LogP contribution >= 0.6 is 11.3 Å². The summed E-state index contributed by atoms with van der Waals surface area (Å²) in [5.41, 5.74) is 5.27. The maximum absolute atomic E-state index is 12.8. The lowest BCUT2D eigenvalue weighted by molar-refractivity contribution is -0.146. The molecule has 1 aromatic heterocycles. The molecule has 0 aliphatic carbocycles. The lowest BCUT2D eigenvalue weighted by Gasteiger charge is -2.33. The van der Waals surface area contributed by atoms with Gasteiger partial charge >= 0.3 is 5.97 Å². The molecule has 1 fully saturated rings. The number of nitrogens with one attached hydrogen (secondary N) is 1. The number of Topliss-reactive ketones (excluding diaryl/α,β-unsaturated/α-hetero) is 1. The number of carboxylic acid groups (broad SMARTS) is 1. The average molecular weight is 422 g/mol. The smallest absolute Gasteiger partial charge is 0.354 e. The van der Waals surface area contributed by atoms with Crippen LogP contribution in [0, 0.1) is 0 Å². The molecule has 2 amide bonds. The second kappa shape index (κ2) is 7.97. The monoisotopic (exact) mass is 422 g/mol. The molecular weight excluding hydrogens is 404 g/mol. The summed E-state index contributed by atoms with van der Waals surface area (Å²) in [6.45, 7) is 1.57. The number of fused-ring (bicyclic) bond motifs is 1. The normalized spacial score (nSPS) is 19.9. The van der Waals surface area contributed by atoms with Gasteiger partial charge in [0, 0.05) is 24.0 Å². The molecule has 1 aromatic rings. The van der Waals surface area contributed by atoms with Gasteiger partial charge in [0.25, 0.3) is 11.8 Å². The fraction of sp³-hybridized carbons (Fsp3) is 0.375.